The van der Waals surface area contributed by atoms with Crippen LogP contribution >= 0.6 is 15.9 Å². The summed E-state index contributed by atoms with van der Waals surface area (Å²) in [4.78, 5) is 13.1. The van der Waals surface area contributed by atoms with Crippen LogP contribution in [-0.4, -0.2) is 42.2 Å². The van der Waals surface area contributed by atoms with Crippen molar-refractivity contribution in [2.45, 2.75) is 13.8 Å². The van der Waals surface area contributed by atoms with Crippen molar-refractivity contribution in [2.24, 2.45) is 0 Å². The zero-order chi connectivity index (χ0) is 14.4. The smallest absolute Gasteiger partial charge is 0.336 e. The fourth-order valence-electron chi connectivity index (χ4n) is 1.74. The number of aromatic carboxylic acids is 1. The van der Waals surface area contributed by atoms with E-state index in [-0.39, 0.29) is 10.0 Å². The second-order valence-electron chi connectivity index (χ2n) is 4.05. The van der Waals surface area contributed by atoms with Crippen molar-refractivity contribution in [3.63, 3.8) is 0 Å². The van der Waals surface area contributed by atoms with E-state index in [9.17, 15) is 9.18 Å². The minimum Gasteiger partial charge on any atom is -0.478 e. The van der Waals surface area contributed by atoms with E-state index in [0.29, 0.717) is 12.2 Å². The molecule has 0 aliphatic carbocycles. The van der Waals surface area contributed by atoms with Crippen LogP contribution in [0.1, 0.15) is 24.2 Å². The molecule has 4 nitrogen and oxygen atoms in total. The van der Waals surface area contributed by atoms with E-state index in [1.54, 1.807) is 0 Å². The lowest BCUT2D eigenvalue weighted by Crippen LogP contribution is -2.28. The molecule has 0 radical (unpaired) electrons. The van der Waals surface area contributed by atoms with Crippen LogP contribution in [0.2, 0.25) is 0 Å². The van der Waals surface area contributed by atoms with Crippen LogP contribution in [0.15, 0.2) is 16.6 Å². The topological polar surface area (TPSA) is 52.6 Å². The molecule has 0 saturated heterocycles. The molecule has 0 heterocycles. The van der Waals surface area contributed by atoms with E-state index >= 15 is 0 Å². The molecule has 0 unspecified atom stereocenters. The van der Waals surface area contributed by atoms with Crippen LogP contribution in [0.4, 0.5) is 10.1 Å². The molecule has 106 valence electrons. The predicted molar refractivity (Wildman–Crippen MR) is 77.3 cm³/mol. The first kappa shape index (κ1) is 15.9. The highest BCUT2D eigenvalue weighted by Crippen LogP contribution is 2.26. The van der Waals surface area contributed by atoms with Gasteiger partial charge >= 0.3 is 5.97 Å². The van der Waals surface area contributed by atoms with Crippen LogP contribution in [0.5, 0.6) is 0 Å². The van der Waals surface area contributed by atoms with Crippen molar-refractivity contribution in [1.29, 1.82) is 0 Å². The van der Waals surface area contributed by atoms with Crippen molar-refractivity contribution in [1.82, 2.24) is 4.90 Å². The van der Waals surface area contributed by atoms with E-state index in [2.05, 4.69) is 40.0 Å². The van der Waals surface area contributed by atoms with Crippen molar-refractivity contribution in [2.75, 3.05) is 31.5 Å². The van der Waals surface area contributed by atoms with Crippen LogP contribution in [0.25, 0.3) is 0 Å². The lowest BCUT2D eigenvalue weighted by atomic mass is 10.2. The maximum Gasteiger partial charge on any atom is 0.336 e. The molecule has 0 aliphatic rings. The molecule has 0 aliphatic heterocycles. The quantitative estimate of drug-likeness (QED) is 0.805. The van der Waals surface area contributed by atoms with Gasteiger partial charge in [0.2, 0.25) is 0 Å². The number of hydrogen-bond donors (Lipinski definition) is 2. The molecule has 0 amide bonds. The van der Waals surface area contributed by atoms with Gasteiger partial charge in [0.1, 0.15) is 0 Å². The van der Waals surface area contributed by atoms with Gasteiger partial charge in [-0.25, -0.2) is 9.18 Å². The maximum absolute atomic E-state index is 13.9. The summed E-state index contributed by atoms with van der Waals surface area (Å²) in [6, 6.07) is 2.83. The molecule has 19 heavy (non-hydrogen) atoms. The summed E-state index contributed by atoms with van der Waals surface area (Å²) in [6.45, 7) is 7.46. The number of carbonyl (C=O) groups is 1. The Morgan fingerprint density at radius 1 is 1.42 bits per heavy atom. The number of benzene rings is 1. The van der Waals surface area contributed by atoms with E-state index in [4.69, 9.17) is 5.11 Å². The van der Waals surface area contributed by atoms with E-state index < -0.39 is 11.8 Å². The Kier molecular flexibility index (Phi) is 6.24. The van der Waals surface area contributed by atoms with Crippen LogP contribution in [0, 0.1) is 5.82 Å². The van der Waals surface area contributed by atoms with Gasteiger partial charge in [-0.2, -0.15) is 0 Å². The summed E-state index contributed by atoms with van der Waals surface area (Å²) < 4.78 is 13.9. The predicted octanol–water partition coefficient (Wildman–Crippen LogP) is 3.04. The molecule has 1 aromatic carbocycles. The van der Waals surface area contributed by atoms with Gasteiger partial charge in [0.05, 0.1) is 15.7 Å². The zero-order valence-electron chi connectivity index (χ0n) is 11.0. The third kappa shape index (κ3) is 4.18. The summed E-state index contributed by atoms with van der Waals surface area (Å²) in [5, 5.41) is 11.8. The Morgan fingerprint density at radius 3 is 2.58 bits per heavy atom. The second kappa shape index (κ2) is 7.45. The number of carboxylic acids is 1. The SMILES string of the molecule is CCN(CC)CCNc1ccc(C(=O)O)c(Br)c1F. The molecule has 0 atom stereocenters. The Bertz CT molecular complexity index is 451. The number of nitrogens with one attached hydrogen (secondary N) is 1. The van der Waals surface area contributed by atoms with Gasteiger partial charge in [-0.15, -0.1) is 0 Å². The average Bonchev–Trinajstić information content (AvgIpc) is 2.39. The van der Waals surface area contributed by atoms with E-state index in [1.807, 2.05) is 0 Å². The minimum absolute atomic E-state index is 0.0205. The number of likely N-dealkylation sites (N-methyl/N-ethyl adjacent to an activating group) is 1. The average molecular weight is 333 g/mol. The number of nitrogens with zero attached hydrogens (tertiary/aromatic N) is 1. The molecular weight excluding hydrogens is 315 g/mol. The maximum atomic E-state index is 13.9. The monoisotopic (exact) mass is 332 g/mol. The van der Waals surface area contributed by atoms with Crippen molar-refractivity contribution in [3.8, 4) is 0 Å². The Balaban J connectivity index is 2.70. The van der Waals surface area contributed by atoms with Crippen molar-refractivity contribution >= 4 is 27.6 Å². The summed E-state index contributed by atoms with van der Waals surface area (Å²) >= 11 is 2.97. The normalized spacial score (nSPS) is 10.8. The fourth-order valence-corrected chi connectivity index (χ4v) is 2.26. The fraction of sp³-hybridized carbons (Fsp3) is 0.462. The third-order valence-electron chi connectivity index (χ3n) is 2.95. The molecule has 0 spiro atoms. The Morgan fingerprint density at radius 2 is 2.05 bits per heavy atom. The largest absolute Gasteiger partial charge is 0.478 e. The van der Waals surface area contributed by atoms with E-state index in [0.717, 1.165) is 19.6 Å². The minimum atomic E-state index is -1.15. The lowest BCUT2D eigenvalue weighted by molar-refractivity contribution is 0.0695. The molecule has 6 heteroatoms. The lowest BCUT2D eigenvalue weighted by Gasteiger charge is -2.18. The van der Waals surface area contributed by atoms with Gasteiger partial charge in [-0.1, -0.05) is 13.8 Å². The first-order valence-corrected chi connectivity index (χ1v) is 6.98. The highest BCUT2D eigenvalue weighted by Gasteiger charge is 2.15. The molecular formula is C13H18BrFN2O2. The first-order valence-electron chi connectivity index (χ1n) is 6.18. The highest BCUT2D eigenvalue weighted by atomic mass is 79.9. The standard InChI is InChI=1S/C13H18BrFN2O2/c1-3-17(4-2)8-7-16-10-6-5-9(13(18)19)11(14)12(10)15/h5-6,16H,3-4,7-8H2,1-2H3,(H,18,19). The van der Waals surface area contributed by atoms with Gasteiger partial charge in [-0.3, -0.25) is 0 Å². The molecule has 1 aromatic rings. The summed E-state index contributed by atoms with van der Waals surface area (Å²) in [6.07, 6.45) is 0. The molecule has 0 bridgehead atoms. The molecule has 2 N–H and O–H groups in total. The van der Waals surface area contributed by atoms with Crippen molar-refractivity contribution in [3.05, 3.63) is 28.0 Å². The molecule has 0 saturated carbocycles. The summed E-state index contributed by atoms with van der Waals surface area (Å²) in [5.74, 6) is -1.72. The second-order valence-corrected chi connectivity index (χ2v) is 4.84. The molecule has 0 aromatic heterocycles. The third-order valence-corrected chi connectivity index (χ3v) is 3.73. The van der Waals surface area contributed by atoms with Crippen LogP contribution in [-0.2, 0) is 0 Å². The van der Waals surface area contributed by atoms with Gasteiger partial charge in [0.15, 0.2) is 5.82 Å². The number of carboxylic acid groups (broad SMARTS) is 1. The van der Waals surface area contributed by atoms with Crippen LogP contribution in [0.3, 0.4) is 0 Å². The van der Waals surface area contributed by atoms with Gasteiger partial charge < -0.3 is 15.3 Å². The van der Waals surface area contributed by atoms with Crippen LogP contribution < -0.4 is 5.32 Å². The van der Waals surface area contributed by atoms with Gasteiger partial charge in [0, 0.05) is 13.1 Å². The Labute approximate surface area is 120 Å². The molecule has 0 fully saturated rings. The number of hydrogen-bond acceptors (Lipinski definition) is 3. The van der Waals surface area contributed by atoms with Crippen molar-refractivity contribution < 1.29 is 14.3 Å². The van der Waals surface area contributed by atoms with E-state index in [1.165, 1.54) is 12.1 Å². The summed E-state index contributed by atoms with van der Waals surface area (Å²) in [5.41, 5.74) is 0.232. The van der Waals surface area contributed by atoms with Gasteiger partial charge in [0.25, 0.3) is 0 Å². The zero-order valence-corrected chi connectivity index (χ0v) is 12.6. The Hall–Kier alpha value is -1.14. The number of halogens is 2. The number of anilines is 1. The van der Waals surface area contributed by atoms with Gasteiger partial charge in [-0.05, 0) is 41.2 Å². The highest BCUT2D eigenvalue weighted by molar-refractivity contribution is 9.10. The molecule has 1 rings (SSSR count). The number of rotatable bonds is 7. The first-order chi connectivity index (χ1) is 9.01. The summed E-state index contributed by atoms with van der Waals surface area (Å²) in [7, 11) is 0.